The SMILES string of the molecule is O=CC1C(c2ccc(F)cc2)CCCN1Cc1ccccc1. The molecule has 1 saturated heterocycles. The van der Waals surface area contributed by atoms with Gasteiger partial charge in [0.15, 0.2) is 0 Å². The molecule has 0 radical (unpaired) electrons. The Balaban J connectivity index is 1.80. The molecule has 2 aromatic rings. The van der Waals surface area contributed by atoms with Gasteiger partial charge in [-0.15, -0.1) is 0 Å². The number of likely N-dealkylation sites (tertiary alicyclic amines) is 1. The highest BCUT2D eigenvalue weighted by molar-refractivity contribution is 5.60. The van der Waals surface area contributed by atoms with Crippen LogP contribution in [0, 0.1) is 5.82 Å². The molecule has 1 fully saturated rings. The Labute approximate surface area is 130 Å². The Morgan fingerprint density at radius 1 is 1.09 bits per heavy atom. The molecule has 3 heteroatoms. The van der Waals surface area contributed by atoms with Crippen LogP contribution in [0.15, 0.2) is 54.6 Å². The van der Waals surface area contributed by atoms with Crippen molar-refractivity contribution in [3.05, 3.63) is 71.5 Å². The third-order valence-electron chi connectivity index (χ3n) is 4.46. The average Bonchev–Trinajstić information content (AvgIpc) is 2.56. The third-order valence-corrected chi connectivity index (χ3v) is 4.46. The van der Waals surface area contributed by atoms with Gasteiger partial charge in [0.1, 0.15) is 12.1 Å². The van der Waals surface area contributed by atoms with E-state index in [1.54, 1.807) is 0 Å². The maximum Gasteiger partial charge on any atom is 0.137 e. The summed E-state index contributed by atoms with van der Waals surface area (Å²) in [6.07, 6.45) is 3.08. The van der Waals surface area contributed by atoms with Crippen LogP contribution in [-0.4, -0.2) is 23.8 Å². The van der Waals surface area contributed by atoms with Crippen LogP contribution in [0.2, 0.25) is 0 Å². The van der Waals surface area contributed by atoms with Gasteiger partial charge >= 0.3 is 0 Å². The number of aldehydes is 1. The van der Waals surface area contributed by atoms with Crippen LogP contribution in [0.4, 0.5) is 4.39 Å². The minimum Gasteiger partial charge on any atom is -0.302 e. The number of nitrogens with zero attached hydrogens (tertiary/aromatic N) is 1. The van der Waals surface area contributed by atoms with Crippen LogP contribution >= 0.6 is 0 Å². The first-order valence-electron chi connectivity index (χ1n) is 7.76. The lowest BCUT2D eigenvalue weighted by Crippen LogP contribution is -2.44. The van der Waals surface area contributed by atoms with Gasteiger partial charge in [0.05, 0.1) is 6.04 Å². The molecule has 0 saturated carbocycles. The minimum atomic E-state index is -0.233. The van der Waals surface area contributed by atoms with E-state index in [4.69, 9.17) is 0 Å². The molecule has 2 nitrogen and oxygen atoms in total. The van der Waals surface area contributed by atoms with Gasteiger partial charge in [-0.3, -0.25) is 4.90 Å². The second-order valence-corrected chi connectivity index (χ2v) is 5.88. The third kappa shape index (κ3) is 3.25. The van der Waals surface area contributed by atoms with Crippen LogP contribution < -0.4 is 0 Å². The molecule has 114 valence electrons. The summed E-state index contributed by atoms with van der Waals surface area (Å²) in [5, 5.41) is 0. The standard InChI is InChI=1S/C19H20FNO/c20-17-10-8-16(9-11-17)18-7-4-12-21(19(18)14-22)13-15-5-2-1-3-6-15/h1-3,5-6,8-11,14,18-19H,4,7,12-13H2. The van der Waals surface area contributed by atoms with Crippen molar-refractivity contribution in [1.82, 2.24) is 4.90 Å². The zero-order valence-electron chi connectivity index (χ0n) is 12.5. The number of hydrogen-bond donors (Lipinski definition) is 0. The van der Waals surface area contributed by atoms with Gasteiger partial charge in [0.2, 0.25) is 0 Å². The lowest BCUT2D eigenvalue weighted by atomic mass is 9.84. The second-order valence-electron chi connectivity index (χ2n) is 5.88. The van der Waals surface area contributed by atoms with Gasteiger partial charge in [-0.1, -0.05) is 42.5 Å². The molecule has 2 unspecified atom stereocenters. The molecule has 1 heterocycles. The highest BCUT2D eigenvalue weighted by Crippen LogP contribution is 2.32. The smallest absolute Gasteiger partial charge is 0.137 e. The number of carbonyl (C=O) groups excluding carboxylic acids is 1. The summed E-state index contributed by atoms with van der Waals surface area (Å²) in [6, 6.07) is 16.6. The maximum absolute atomic E-state index is 13.1. The molecule has 0 bridgehead atoms. The fourth-order valence-corrected chi connectivity index (χ4v) is 3.35. The maximum atomic E-state index is 13.1. The molecule has 22 heavy (non-hydrogen) atoms. The molecule has 2 aromatic carbocycles. The second kappa shape index (κ2) is 6.84. The van der Waals surface area contributed by atoms with Gasteiger partial charge in [-0.05, 0) is 42.6 Å². The lowest BCUT2D eigenvalue weighted by molar-refractivity contribution is -0.114. The first-order chi connectivity index (χ1) is 10.8. The van der Waals surface area contributed by atoms with Crippen molar-refractivity contribution in [2.45, 2.75) is 31.3 Å². The molecular formula is C19H20FNO. The van der Waals surface area contributed by atoms with Crippen LogP contribution in [0.5, 0.6) is 0 Å². The van der Waals surface area contributed by atoms with E-state index in [2.05, 4.69) is 17.0 Å². The summed E-state index contributed by atoms with van der Waals surface area (Å²) in [7, 11) is 0. The molecule has 2 atom stereocenters. The fraction of sp³-hybridized carbons (Fsp3) is 0.316. The first kappa shape index (κ1) is 14.9. The number of rotatable bonds is 4. The molecule has 1 aliphatic rings. The summed E-state index contributed by atoms with van der Waals surface area (Å²) in [5.41, 5.74) is 2.27. The zero-order valence-corrected chi connectivity index (χ0v) is 12.5. The number of carbonyl (C=O) groups is 1. The van der Waals surface area contributed by atoms with Crippen LogP contribution in [0.25, 0.3) is 0 Å². The monoisotopic (exact) mass is 297 g/mol. The summed E-state index contributed by atoms with van der Waals surface area (Å²) in [4.78, 5) is 13.9. The van der Waals surface area contributed by atoms with E-state index >= 15 is 0 Å². The van der Waals surface area contributed by atoms with E-state index in [-0.39, 0.29) is 17.8 Å². The highest BCUT2D eigenvalue weighted by atomic mass is 19.1. The average molecular weight is 297 g/mol. The van der Waals surface area contributed by atoms with Gasteiger partial charge < -0.3 is 4.79 Å². The van der Waals surface area contributed by atoms with Crippen molar-refractivity contribution in [3.8, 4) is 0 Å². The Morgan fingerprint density at radius 3 is 2.50 bits per heavy atom. The predicted molar refractivity (Wildman–Crippen MR) is 85.1 cm³/mol. The van der Waals surface area contributed by atoms with Crippen LogP contribution in [0.1, 0.15) is 29.9 Å². The van der Waals surface area contributed by atoms with Crippen molar-refractivity contribution in [3.63, 3.8) is 0 Å². The Hall–Kier alpha value is -2.00. The molecule has 0 aromatic heterocycles. The molecular weight excluding hydrogens is 277 g/mol. The first-order valence-corrected chi connectivity index (χ1v) is 7.76. The van der Waals surface area contributed by atoms with Gasteiger partial charge in [0.25, 0.3) is 0 Å². The van der Waals surface area contributed by atoms with Gasteiger partial charge in [0, 0.05) is 12.5 Å². The number of halogens is 1. The molecule has 3 rings (SSSR count). The van der Waals surface area contributed by atoms with E-state index in [0.29, 0.717) is 0 Å². The summed E-state index contributed by atoms with van der Waals surface area (Å²) >= 11 is 0. The Bertz CT molecular complexity index is 611. The van der Waals surface area contributed by atoms with E-state index in [9.17, 15) is 9.18 Å². The van der Waals surface area contributed by atoms with Crippen LogP contribution in [-0.2, 0) is 11.3 Å². The van der Waals surface area contributed by atoms with Crippen molar-refractivity contribution in [1.29, 1.82) is 0 Å². The zero-order chi connectivity index (χ0) is 15.4. The number of hydrogen-bond acceptors (Lipinski definition) is 2. The normalized spacial score (nSPS) is 22.4. The van der Waals surface area contributed by atoms with E-state index in [1.165, 1.54) is 17.7 Å². The Morgan fingerprint density at radius 2 is 1.82 bits per heavy atom. The van der Waals surface area contributed by atoms with Crippen molar-refractivity contribution >= 4 is 6.29 Å². The van der Waals surface area contributed by atoms with E-state index < -0.39 is 0 Å². The van der Waals surface area contributed by atoms with E-state index in [1.807, 2.05) is 30.3 Å². The molecule has 0 spiro atoms. The quantitative estimate of drug-likeness (QED) is 0.801. The minimum absolute atomic E-state index is 0.139. The molecule has 0 amide bonds. The summed E-state index contributed by atoms with van der Waals surface area (Å²) in [5.74, 6) is -0.0843. The topological polar surface area (TPSA) is 20.3 Å². The lowest BCUT2D eigenvalue weighted by Gasteiger charge is -2.38. The van der Waals surface area contributed by atoms with Crippen molar-refractivity contribution in [2.75, 3.05) is 6.54 Å². The number of benzene rings is 2. The van der Waals surface area contributed by atoms with E-state index in [0.717, 1.165) is 37.8 Å². The molecule has 1 aliphatic heterocycles. The summed E-state index contributed by atoms with van der Waals surface area (Å²) in [6.45, 7) is 1.71. The van der Waals surface area contributed by atoms with Gasteiger partial charge in [-0.25, -0.2) is 4.39 Å². The van der Waals surface area contributed by atoms with Crippen LogP contribution in [0.3, 0.4) is 0 Å². The molecule has 0 aliphatic carbocycles. The number of piperidine rings is 1. The largest absolute Gasteiger partial charge is 0.302 e. The van der Waals surface area contributed by atoms with Gasteiger partial charge in [-0.2, -0.15) is 0 Å². The summed E-state index contributed by atoms with van der Waals surface area (Å²) < 4.78 is 13.1. The van der Waals surface area contributed by atoms with Crippen molar-refractivity contribution in [2.24, 2.45) is 0 Å². The highest BCUT2D eigenvalue weighted by Gasteiger charge is 2.32. The fourth-order valence-electron chi connectivity index (χ4n) is 3.35. The molecule has 0 N–H and O–H groups in total. The Kier molecular flexibility index (Phi) is 4.64. The van der Waals surface area contributed by atoms with Crippen molar-refractivity contribution < 1.29 is 9.18 Å². The predicted octanol–water partition coefficient (Wildman–Crippen LogP) is 3.77.